The predicted molar refractivity (Wildman–Crippen MR) is 78.8 cm³/mol. The minimum absolute atomic E-state index is 0.00371. The Morgan fingerprint density at radius 3 is 2.80 bits per heavy atom. The molecule has 3 rings (SSSR count). The van der Waals surface area contributed by atoms with Crippen molar-refractivity contribution in [2.75, 3.05) is 18.0 Å². The van der Waals surface area contributed by atoms with Crippen molar-refractivity contribution in [1.29, 1.82) is 0 Å². The largest absolute Gasteiger partial charge is 0.354 e. The van der Waals surface area contributed by atoms with Crippen LogP contribution in [0.3, 0.4) is 0 Å². The molecule has 3 N–H and O–H groups in total. The first kappa shape index (κ1) is 13.7. The van der Waals surface area contributed by atoms with Gasteiger partial charge in [-0.3, -0.25) is 5.10 Å². The highest BCUT2D eigenvalue weighted by Crippen LogP contribution is 2.33. The van der Waals surface area contributed by atoms with Crippen LogP contribution in [0.5, 0.6) is 0 Å². The number of benzene rings is 1. The van der Waals surface area contributed by atoms with Gasteiger partial charge in [0.2, 0.25) is 0 Å². The lowest BCUT2D eigenvalue weighted by molar-refractivity contribution is 0.628. The lowest BCUT2D eigenvalue weighted by Gasteiger charge is -2.13. The van der Waals surface area contributed by atoms with Crippen LogP contribution in [0.2, 0.25) is 10.0 Å². The van der Waals surface area contributed by atoms with E-state index in [0.717, 1.165) is 25.3 Å². The van der Waals surface area contributed by atoms with Crippen LogP contribution in [0.4, 0.5) is 10.2 Å². The first-order chi connectivity index (χ1) is 9.54. The molecule has 1 unspecified atom stereocenters. The molecular formula is C13H13Cl2FN4. The Morgan fingerprint density at radius 2 is 2.10 bits per heavy atom. The van der Waals surface area contributed by atoms with Crippen molar-refractivity contribution in [2.24, 2.45) is 5.73 Å². The van der Waals surface area contributed by atoms with Crippen LogP contribution in [0, 0.1) is 5.82 Å². The fraction of sp³-hybridized carbons (Fsp3) is 0.308. The van der Waals surface area contributed by atoms with Crippen molar-refractivity contribution < 1.29 is 4.39 Å². The quantitative estimate of drug-likeness (QED) is 0.838. The normalized spacial score (nSPS) is 18.8. The van der Waals surface area contributed by atoms with Gasteiger partial charge >= 0.3 is 0 Å². The van der Waals surface area contributed by atoms with Crippen LogP contribution in [0.15, 0.2) is 18.2 Å². The molecule has 0 aliphatic carbocycles. The predicted octanol–water partition coefficient (Wildman–Crippen LogP) is 3.06. The lowest BCUT2D eigenvalue weighted by Crippen LogP contribution is -2.26. The zero-order valence-electron chi connectivity index (χ0n) is 10.5. The molecule has 1 atom stereocenters. The second kappa shape index (κ2) is 5.24. The van der Waals surface area contributed by atoms with Crippen LogP contribution in [0.25, 0.3) is 11.3 Å². The van der Waals surface area contributed by atoms with E-state index in [9.17, 15) is 4.39 Å². The Balaban J connectivity index is 1.92. The number of nitrogens with one attached hydrogen (secondary N) is 1. The monoisotopic (exact) mass is 314 g/mol. The molecule has 0 radical (unpaired) electrons. The van der Waals surface area contributed by atoms with Crippen molar-refractivity contribution in [3.05, 3.63) is 34.1 Å². The number of aromatic amines is 1. The third-order valence-electron chi connectivity index (χ3n) is 3.41. The minimum atomic E-state index is -0.509. The summed E-state index contributed by atoms with van der Waals surface area (Å²) in [5.41, 5.74) is 7.07. The van der Waals surface area contributed by atoms with Gasteiger partial charge in [-0.2, -0.15) is 5.10 Å². The van der Waals surface area contributed by atoms with E-state index in [1.165, 1.54) is 12.1 Å². The average molecular weight is 315 g/mol. The summed E-state index contributed by atoms with van der Waals surface area (Å²) in [5, 5.41) is 7.49. The first-order valence-electron chi connectivity index (χ1n) is 6.25. The van der Waals surface area contributed by atoms with E-state index in [2.05, 4.69) is 15.1 Å². The van der Waals surface area contributed by atoms with Gasteiger partial charge in [-0.05, 0) is 18.6 Å². The van der Waals surface area contributed by atoms with Crippen LogP contribution in [-0.2, 0) is 0 Å². The summed E-state index contributed by atoms with van der Waals surface area (Å²) in [4.78, 5) is 2.09. The van der Waals surface area contributed by atoms with Crippen molar-refractivity contribution in [2.45, 2.75) is 12.5 Å². The van der Waals surface area contributed by atoms with Gasteiger partial charge in [0.25, 0.3) is 0 Å². The lowest BCUT2D eigenvalue weighted by atomic mass is 10.1. The summed E-state index contributed by atoms with van der Waals surface area (Å²) < 4.78 is 13.6. The molecule has 1 aliphatic rings. The molecule has 1 saturated heterocycles. The van der Waals surface area contributed by atoms with Gasteiger partial charge in [0.1, 0.15) is 5.82 Å². The van der Waals surface area contributed by atoms with Crippen molar-refractivity contribution in [3.63, 3.8) is 0 Å². The highest BCUT2D eigenvalue weighted by molar-refractivity contribution is 6.36. The Bertz CT molecular complexity index is 643. The zero-order chi connectivity index (χ0) is 14.3. The average Bonchev–Trinajstić information content (AvgIpc) is 3.02. The summed E-state index contributed by atoms with van der Waals surface area (Å²) in [7, 11) is 0. The van der Waals surface area contributed by atoms with Gasteiger partial charge in [-0.1, -0.05) is 23.2 Å². The number of rotatable bonds is 2. The zero-order valence-corrected chi connectivity index (χ0v) is 12.0. The second-order valence-corrected chi connectivity index (χ2v) is 5.70. The van der Waals surface area contributed by atoms with Crippen LogP contribution in [-0.4, -0.2) is 29.3 Å². The molecule has 7 heteroatoms. The van der Waals surface area contributed by atoms with Crippen molar-refractivity contribution in [3.8, 4) is 11.3 Å². The molecular weight excluding hydrogens is 302 g/mol. The smallest absolute Gasteiger partial charge is 0.151 e. The number of aromatic nitrogens is 2. The maximum absolute atomic E-state index is 13.6. The third-order valence-corrected chi connectivity index (χ3v) is 4.02. The molecule has 1 aliphatic heterocycles. The molecule has 2 aromatic rings. The highest BCUT2D eigenvalue weighted by Gasteiger charge is 2.22. The molecule has 106 valence electrons. The van der Waals surface area contributed by atoms with Crippen molar-refractivity contribution in [1.82, 2.24) is 10.2 Å². The molecule has 1 aromatic heterocycles. The van der Waals surface area contributed by atoms with E-state index in [-0.39, 0.29) is 11.1 Å². The van der Waals surface area contributed by atoms with E-state index >= 15 is 0 Å². The SMILES string of the molecule is NC1CCN(c2cc(-c3cc(F)c(Cl)cc3Cl)[nH]n2)C1. The van der Waals surface area contributed by atoms with E-state index < -0.39 is 5.82 Å². The molecule has 4 nitrogen and oxygen atoms in total. The van der Waals surface area contributed by atoms with Crippen LogP contribution in [0.1, 0.15) is 6.42 Å². The number of nitrogens with zero attached hydrogens (tertiary/aromatic N) is 2. The number of hydrogen-bond donors (Lipinski definition) is 2. The van der Waals surface area contributed by atoms with Gasteiger partial charge in [-0.25, -0.2) is 4.39 Å². The second-order valence-electron chi connectivity index (χ2n) is 4.88. The Labute approximate surface area is 125 Å². The fourth-order valence-corrected chi connectivity index (χ4v) is 2.82. The summed E-state index contributed by atoms with van der Waals surface area (Å²) in [6, 6.07) is 4.70. The molecule has 0 saturated carbocycles. The Morgan fingerprint density at radius 1 is 1.30 bits per heavy atom. The molecule has 1 aromatic carbocycles. The van der Waals surface area contributed by atoms with Crippen LogP contribution >= 0.6 is 23.2 Å². The highest BCUT2D eigenvalue weighted by atomic mass is 35.5. The summed E-state index contributed by atoms with van der Waals surface area (Å²) in [6.45, 7) is 1.64. The fourth-order valence-electron chi connectivity index (χ4n) is 2.34. The Kier molecular flexibility index (Phi) is 3.58. The molecule has 0 bridgehead atoms. The Hall–Kier alpha value is -1.30. The third kappa shape index (κ3) is 2.49. The van der Waals surface area contributed by atoms with E-state index in [1.54, 1.807) is 0 Å². The van der Waals surface area contributed by atoms with E-state index in [1.807, 2.05) is 6.07 Å². The van der Waals surface area contributed by atoms with Gasteiger partial charge in [-0.15, -0.1) is 0 Å². The van der Waals surface area contributed by atoms with Gasteiger partial charge in [0.15, 0.2) is 5.82 Å². The minimum Gasteiger partial charge on any atom is -0.354 e. The number of halogens is 3. The van der Waals surface area contributed by atoms with Crippen LogP contribution < -0.4 is 10.6 Å². The first-order valence-corrected chi connectivity index (χ1v) is 7.01. The summed E-state index contributed by atoms with van der Waals surface area (Å²) >= 11 is 11.8. The van der Waals surface area contributed by atoms with Gasteiger partial charge < -0.3 is 10.6 Å². The molecule has 2 heterocycles. The molecule has 1 fully saturated rings. The number of hydrogen-bond acceptors (Lipinski definition) is 3. The summed E-state index contributed by atoms with van der Waals surface area (Å²) in [6.07, 6.45) is 0.943. The topological polar surface area (TPSA) is 57.9 Å². The van der Waals surface area contributed by atoms with E-state index in [4.69, 9.17) is 28.9 Å². The summed E-state index contributed by atoms with van der Waals surface area (Å²) in [5.74, 6) is 0.282. The van der Waals surface area contributed by atoms with E-state index in [0.29, 0.717) is 16.3 Å². The number of H-pyrrole nitrogens is 1. The molecule has 20 heavy (non-hydrogen) atoms. The maximum atomic E-state index is 13.6. The maximum Gasteiger partial charge on any atom is 0.151 e. The van der Waals surface area contributed by atoms with Gasteiger partial charge in [0, 0.05) is 30.8 Å². The number of nitrogens with two attached hydrogens (primary N) is 1. The molecule has 0 amide bonds. The van der Waals surface area contributed by atoms with Gasteiger partial charge in [0.05, 0.1) is 15.7 Å². The van der Waals surface area contributed by atoms with Crippen molar-refractivity contribution >= 4 is 29.0 Å². The number of anilines is 1. The molecule has 0 spiro atoms. The standard InChI is InChI=1S/C13H13Cl2FN4/c14-9-4-10(15)11(16)3-8(9)12-5-13(19-18-12)20-2-1-7(17)6-20/h3-5,7H,1-2,6,17H2,(H,18,19).